The van der Waals surface area contributed by atoms with Crippen molar-refractivity contribution in [3.05, 3.63) is 5.21 Å². The summed E-state index contributed by atoms with van der Waals surface area (Å²) in [6, 6.07) is 0.776. The number of Topliss-reactive ketones (excluding diaryl/α,β-unsaturated/α-hetero) is 1. The molecule has 0 aromatic heterocycles. The van der Waals surface area contributed by atoms with Crippen LogP contribution in [-0.4, -0.2) is 52.7 Å². The van der Waals surface area contributed by atoms with Gasteiger partial charge >= 0.3 is 0 Å². The van der Waals surface area contributed by atoms with E-state index < -0.39 is 5.23 Å². The van der Waals surface area contributed by atoms with Crippen LogP contribution < -0.4 is 15.4 Å². The number of hydroxylamine groups is 2. The van der Waals surface area contributed by atoms with Gasteiger partial charge in [0.25, 0.3) is 0 Å². The van der Waals surface area contributed by atoms with Crippen molar-refractivity contribution in [1.29, 1.82) is 0 Å². The number of ketones is 1. The maximum Gasteiger partial charge on any atom is 0.190 e. The van der Waals surface area contributed by atoms with Gasteiger partial charge in [-0.25, -0.2) is 10.4 Å². The summed E-state index contributed by atoms with van der Waals surface area (Å²) in [7, 11) is 0. The van der Waals surface area contributed by atoms with Gasteiger partial charge in [-0.1, -0.05) is 29.0 Å². The number of rotatable bonds is 5. The molecule has 0 bridgehead atoms. The molecule has 0 aromatic carbocycles. The molecule has 4 N–H and O–H groups in total. The second-order valence-electron chi connectivity index (χ2n) is 8.18. The first-order valence-corrected chi connectivity index (χ1v) is 11.3. The van der Waals surface area contributed by atoms with Crippen molar-refractivity contribution >= 4 is 28.4 Å². The average molecular weight is 466 g/mol. The maximum absolute atomic E-state index is 12.9. The summed E-state index contributed by atoms with van der Waals surface area (Å²) in [6.07, 6.45) is 9.80. The molecule has 2 heterocycles. The van der Waals surface area contributed by atoms with Crippen LogP contribution in [0.1, 0.15) is 57.8 Å². The second kappa shape index (κ2) is 9.41. The van der Waals surface area contributed by atoms with E-state index in [1.807, 2.05) is 0 Å². The van der Waals surface area contributed by atoms with E-state index in [0.717, 1.165) is 25.9 Å². The van der Waals surface area contributed by atoms with Crippen molar-refractivity contribution in [2.45, 2.75) is 79.8 Å². The molecule has 0 amide bonds. The van der Waals surface area contributed by atoms with Crippen LogP contribution in [0.4, 0.5) is 0 Å². The molecule has 7 unspecified atom stereocenters. The molecular formula is C18H33IN3O3+. The molecule has 3 fully saturated rings. The standard InChI is InChI=1S/C18H32IN3O3/c19-14-8-7-13(11-17(14)22(24)25)18(23)12-21-10-4-2-6-16(21)15-5-1-3-9-20-15/h13-17,20,22,24H,1-12H2/p+1. The van der Waals surface area contributed by atoms with Gasteiger partial charge in [-0.2, -0.15) is 0 Å². The highest BCUT2D eigenvalue weighted by atomic mass is 127. The van der Waals surface area contributed by atoms with Gasteiger partial charge in [-0.15, -0.1) is 0 Å². The Labute approximate surface area is 164 Å². The molecule has 0 radical (unpaired) electrons. The topological polar surface area (TPSA) is 81.3 Å². The molecule has 0 spiro atoms. The number of hydrogen-bond donors (Lipinski definition) is 4. The van der Waals surface area contributed by atoms with Crippen molar-refractivity contribution in [2.24, 2.45) is 5.92 Å². The zero-order valence-corrected chi connectivity index (χ0v) is 17.2. The molecule has 144 valence electrons. The van der Waals surface area contributed by atoms with Crippen molar-refractivity contribution in [1.82, 2.24) is 5.32 Å². The van der Waals surface area contributed by atoms with Crippen LogP contribution >= 0.6 is 22.6 Å². The Bertz CT molecular complexity index is 445. The van der Waals surface area contributed by atoms with Gasteiger partial charge in [-0.05, 0) is 45.1 Å². The third-order valence-electron chi connectivity index (χ3n) is 6.56. The van der Waals surface area contributed by atoms with Crippen molar-refractivity contribution in [3.8, 4) is 0 Å². The van der Waals surface area contributed by atoms with Crippen LogP contribution in [0.15, 0.2) is 0 Å². The summed E-state index contributed by atoms with van der Waals surface area (Å²) in [6.45, 7) is 2.81. The summed E-state index contributed by atoms with van der Waals surface area (Å²) in [5.41, 5.74) is 0. The van der Waals surface area contributed by atoms with E-state index in [0.29, 0.717) is 30.8 Å². The fourth-order valence-corrected chi connectivity index (χ4v) is 6.04. The van der Waals surface area contributed by atoms with Gasteiger partial charge < -0.3 is 15.4 Å². The molecule has 2 saturated heterocycles. The Morgan fingerprint density at radius 1 is 1.20 bits per heavy atom. The largest absolute Gasteiger partial charge is 0.600 e. The van der Waals surface area contributed by atoms with Crippen molar-refractivity contribution < 1.29 is 20.1 Å². The quantitative estimate of drug-likeness (QED) is 0.259. The molecule has 25 heavy (non-hydrogen) atoms. The molecule has 3 rings (SSSR count). The zero-order chi connectivity index (χ0) is 17.8. The SMILES string of the molecule is O=C(C[NH+]1CCCCC1C1CCCCN1)C1CCC(I)C([NH+]([O-])O)C1. The second-order valence-corrected chi connectivity index (χ2v) is 9.78. The minimum Gasteiger partial charge on any atom is -0.600 e. The fraction of sp³-hybridized carbons (Fsp3) is 0.944. The van der Waals surface area contributed by atoms with Crippen LogP contribution in [0, 0.1) is 11.1 Å². The smallest absolute Gasteiger partial charge is 0.190 e. The van der Waals surface area contributed by atoms with E-state index in [2.05, 4.69) is 27.9 Å². The summed E-state index contributed by atoms with van der Waals surface area (Å²) < 4.78 is 0.167. The van der Waals surface area contributed by atoms with E-state index in [9.17, 15) is 15.2 Å². The molecule has 3 aliphatic rings. The Hall–Kier alpha value is 0.200. The minimum absolute atomic E-state index is 0.0403. The van der Waals surface area contributed by atoms with E-state index in [4.69, 9.17) is 0 Å². The molecule has 1 saturated carbocycles. The first-order valence-electron chi connectivity index (χ1n) is 10.0. The maximum atomic E-state index is 12.9. The van der Waals surface area contributed by atoms with Crippen LogP contribution in [0.5, 0.6) is 0 Å². The van der Waals surface area contributed by atoms with Crippen LogP contribution in [-0.2, 0) is 4.79 Å². The number of alkyl halides is 1. The first kappa shape index (κ1) is 19.9. The Morgan fingerprint density at radius 2 is 2.00 bits per heavy atom. The van der Waals surface area contributed by atoms with E-state index in [-0.39, 0.29) is 15.9 Å². The molecule has 7 heteroatoms. The highest BCUT2D eigenvalue weighted by Crippen LogP contribution is 2.28. The van der Waals surface area contributed by atoms with E-state index >= 15 is 0 Å². The van der Waals surface area contributed by atoms with Gasteiger partial charge in [0.1, 0.15) is 18.6 Å². The molecule has 0 aromatic rings. The number of carbonyl (C=O) groups excluding carboxylic acids is 1. The van der Waals surface area contributed by atoms with Gasteiger partial charge in [0, 0.05) is 18.8 Å². The van der Waals surface area contributed by atoms with Gasteiger partial charge in [-0.3, -0.25) is 4.79 Å². The molecule has 1 aliphatic carbocycles. The van der Waals surface area contributed by atoms with Crippen LogP contribution in [0.2, 0.25) is 0 Å². The van der Waals surface area contributed by atoms with Crippen molar-refractivity contribution in [2.75, 3.05) is 19.6 Å². The number of quaternary nitrogens is 2. The van der Waals surface area contributed by atoms with Gasteiger partial charge in [0.05, 0.1) is 16.5 Å². The molecule has 2 aliphatic heterocycles. The lowest BCUT2D eigenvalue weighted by atomic mass is 9.82. The van der Waals surface area contributed by atoms with Crippen LogP contribution in [0.25, 0.3) is 0 Å². The van der Waals surface area contributed by atoms with Crippen LogP contribution in [0.3, 0.4) is 0 Å². The number of piperidine rings is 2. The lowest BCUT2D eigenvalue weighted by Gasteiger charge is -2.40. The summed E-state index contributed by atoms with van der Waals surface area (Å²) in [4.78, 5) is 14.4. The number of carbonyl (C=O) groups is 1. The summed E-state index contributed by atoms with van der Waals surface area (Å²) in [5.74, 6) is 0.272. The third kappa shape index (κ3) is 5.13. The lowest BCUT2D eigenvalue weighted by molar-refractivity contribution is -1.07. The molecular weight excluding hydrogens is 433 g/mol. The van der Waals surface area contributed by atoms with E-state index in [1.54, 1.807) is 0 Å². The highest BCUT2D eigenvalue weighted by molar-refractivity contribution is 14.1. The third-order valence-corrected chi connectivity index (χ3v) is 8.05. The number of likely N-dealkylation sites (tertiary alicyclic amines) is 1. The average Bonchev–Trinajstić information content (AvgIpc) is 2.63. The molecule has 6 nitrogen and oxygen atoms in total. The Kier molecular flexibility index (Phi) is 7.51. The monoisotopic (exact) mass is 466 g/mol. The number of hydrogen-bond acceptors (Lipinski definition) is 4. The Morgan fingerprint density at radius 3 is 2.72 bits per heavy atom. The summed E-state index contributed by atoms with van der Waals surface area (Å²) in [5, 5.41) is 23.8. The Balaban J connectivity index is 1.58. The number of halogens is 1. The normalized spacial score (nSPS) is 41.2. The highest BCUT2D eigenvalue weighted by Gasteiger charge is 2.40. The number of nitrogens with one attached hydrogen (secondary N) is 3. The van der Waals surface area contributed by atoms with Crippen molar-refractivity contribution in [3.63, 3.8) is 0 Å². The first-order chi connectivity index (χ1) is 12.1. The molecule has 7 atom stereocenters. The predicted octanol–water partition coefficient (Wildman–Crippen LogP) is -0.121. The van der Waals surface area contributed by atoms with E-state index in [1.165, 1.54) is 43.4 Å². The zero-order valence-electron chi connectivity index (χ0n) is 15.0. The summed E-state index contributed by atoms with van der Waals surface area (Å²) >= 11 is 2.25. The van der Waals surface area contributed by atoms with Gasteiger partial charge in [0.15, 0.2) is 5.78 Å². The minimum atomic E-state index is -0.730. The fourth-order valence-electron chi connectivity index (χ4n) is 5.08. The predicted molar refractivity (Wildman–Crippen MR) is 104 cm³/mol. The lowest BCUT2D eigenvalue weighted by Crippen LogP contribution is -3.19. The van der Waals surface area contributed by atoms with Gasteiger partial charge in [0.2, 0.25) is 0 Å².